The zero-order valence-corrected chi connectivity index (χ0v) is 63.2. The third-order valence-corrected chi connectivity index (χ3v) is 21.2. The number of rotatable bonds is 65. The van der Waals surface area contributed by atoms with Gasteiger partial charge in [-0.25, -0.2) is 4.70 Å². The van der Waals surface area contributed by atoms with E-state index in [1.807, 2.05) is 0 Å². The van der Waals surface area contributed by atoms with Gasteiger partial charge in [0.05, 0.1) is 0 Å². The van der Waals surface area contributed by atoms with Gasteiger partial charge in [-0.1, -0.05) is 247 Å². The van der Waals surface area contributed by atoms with E-state index in [1.165, 1.54) is 402 Å². The molecule has 3 heteroatoms. The molecule has 0 unspecified atom stereocenters. The molecule has 2 nitrogen and oxygen atoms in total. The molecular formula is C87H156N2Ni. The predicted octanol–water partition coefficient (Wildman–Crippen LogP) is 31.3. The summed E-state index contributed by atoms with van der Waals surface area (Å²) in [6.45, 7) is 18.3. The minimum absolute atomic E-state index is 0.930. The fourth-order valence-corrected chi connectivity index (χ4v) is 15.2. The average Bonchev–Trinajstić information content (AvgIpc) is 1.68. The van der Waals surface area contributed by atoms with Crippen LogP contribution in [0.3, 0.4) is 0 Å². The monoisotopic (exact) mass is 1290 g/mol. The van der Waals surface area contributed by atoms with Crippen LogP contribution in [0.15, 0.2) is 47.5 Å². The Labute approximate surface area is 571 Å². The van der Waals surface area contributed by atoms with Gasteiger partial charge in [0.1, 0.15) is 0 Å². The van der Waals surface area contributed by atoms with Crippen molar-refractivity contribution in [2.45, 2.75) is 458 Å². The topological polar surface area (TPSA) is 25.3 Å². The van der Waals surface area contributed by atoms with Crippen molar-refractivity contribution in [3.63, 3.8) is 0 Å². The van der Waals surface area contributed by atoms with E-state index in [0.717, 1.165) is 56.3 Å². The first-order valence-electron chi connectivity index (χ1n) is 41.1. The standard InChI is InChI=1S/C39H58N2.2C24H49.Ni/c1-7-13-18-23-37-36(12-6)38(34-26-30(19-14-8-2)24-31(27-34)20-15-9-3)41(40)39(37)35-28-32(21-16-10-4)25-33(29-35)22-17-11-5;2*1-3-5-7-9-11-13-15-17-19-21-23-24-22-20-18-16-14-12-10-8-6-4-2;/h24-29H,7-23H2,1-6H3;2*1,3-24H2,2H3;. The molecule has 0 bridgehead atoms. The summed E-state index contributed by atoms with van der Waals surface area (Å²) in [6, 6.07) is 14.3. The third-order valence-electron chi connectivity index (χ3n) is 19.8. The number of benzene rings is 2. The van der Waals surface area contributed by atoms with Gasteiger partial charge in [-0.15, -0.1) is 0 Å². The minimum Gasteiger partial charge on any atom is -0.0654 e. The van der Waals surface area contributed by atoms with Crippen molar-refractivity contribution in [2.24, 2.45) is 0 Å². The Kier molecular flexibility index (Phi) is 59.0. The first-order chi connectivity index (χ1) is 44.4. The van der Waals surface area contributed by atoms with E-state index >= 15 is 0 Å². The predicted molar refractivity (Wildman–Crippen MR) is 403 cm³/mol. The molecule has 0 spiro atoms. The number of hydrogen-bond acceptors (Lipinski definition) is 0. The Hall–Kier alpha value is -1.99. The Bertz CT molecular complexity index is 1890. The van der Waals surface area contributed by atoms with Crippen LogP contribution in [0.2, 0.25) is 10.8 Å². The van der Waals surface area contributed by atoms with Gasteiger partial charge in [-0.05, 0) is 117 Å². The van der Waals surface area contributed by atoms with Crippen LogP contribution in [0, 0.1) is 0 Å². The second kappa shape index (κ2) is 63.1. The molecule has 3 rings (SSSR count). The molecule has 1 aliphatic rings. The smallest absolute Gasteiger partial charge is 0.0654 e. The number of unbranched alkanes of at least 4 members (excludes halogenated alkanes) is 48. The SMILES string of the molecule is CCCCCC1=C(c2cc(CCCC)cc(CCCC)c2)[N+](=[N-])C(c2cc(CCCC)cc(CCCC)c2)=C1CC.CCCCCCCCCCCCCCCCCCCCCCC[CH2][Ni][CH2]CCCCCCCCCCCCCCCCCCCCCCC. The van der Waals surface area contributed by atoms with Crippen molar-refractivity contribution in [3.8, 4) is 0 Å². The summed E-state index contributed by atoms with van der Waals surface area (Å²) < 4.78 is 1.60. The van der Waals surface area contributed by atoms with Gasteiger partial charge in [0.25, 0.3) is 0 Å². The maximum atomic E-state index is 12.2. The molecule has 2 aromatic carbocycles. The molecule has 0 fully saturated rings. The number of hydrogen-bond donors (Lipinski definition) is 0. The third kappa shape index (κ3) is 43.9. The molecule has 0 amide bonds. The van der Waals surface area contributed by atoms with E-state index in [9.17, 15) is 5.53 Å². The molecule has 0 aromatic heterocycles. The molecular weight excluding hydrogens is 1130 g/mol. The molecule has 524 valence electrons. The first kappa shape index (κ1) is 84.1. The molecule has 1 aliphatic heterocycles. The molecule has 1 heterocycles. The molecule has 0 radical (unpaired) electrons. The zero-order valence-electron chi connectivity index (χ0n) is 62.2. The number of aryl methyl sites for hydroxylation is 4. The molecule has 0 N–H and O–H groups in total. The van der Waals surface area contributed by atoms with Crippen LogP contribution in [0.5, 0.6) is 0 Å². The van der Waals surface area contributed by atoms with Crippen LogP contribution >= 0.6 is 0 Å². The van der Waals surface area contributed by atoms with E-state index in [2.05, 4.69) is 106 Å². The second-order valence-corrected chi connectivity index (χ2v) is 30.1. The van der Waals surface area contributed by atoms with Crippen LogP contribution in [-0.2, 0) is 40.1 Å². The van der Waals surface area contributed by atoms with Gasteiger partial charge in [0.15, 0.2) is 0 Å². The maximum absolute atomic E-state index is 12.2. The van der Waals surface area contributed by atoms with Crippen molar-refractivity contribution in [3.05, 3.63) is 86.5 Å². The summed E-state index contributed by atoms with van der Waals surface area (Å²) in [5, 5.41) is 2.87. The minimum atomic E-state index is 0.930. The number of nitrogens with zero attached hydrogens (tertiary/aromatic N) is 2. The van der Waals surface area contributed by atoms with Gasteiger partial charge >= 0.3 is 166 Å². The van der Waals surface area contributed by atoms with Crippen molar-refractivity contribution >= 4 is 11.4 Å². The molecule has 90 heavy (non-hydrogen) atoms. The fourth-order valence-electron chi connectivity index (χ4n) is 14.0. The molecule has 2 aromatic rings. The van der Waals surface area contributed by atoms with E-state index in [4.69, 9.17) is 0 Å². The van der Waals surface area contributed by atoms with Crippen LogP contribution in [-0.4, -0.2) is 4.70 Å². The van der Waals surface area contributed by atoms with Crippen molar-refractivity contribution in [1.29, 1.82) is 0 Å². The van der Waals surface area contributed by atoms with Gasteiger partial charge in [0.2, 0.25) is 11.4 Å². The molecule has 0 atom stereocenters. The Morgan fingerprint density at radius 3 is 0.678 bits per heavy atom. The average molecular weight is 1290 g/mol. The Morgan fingerprint density at radius 2 is 0.444 bits per heavy atom. The summed E-state index contributed by atoms with van der Waals surface area (Å²) in [6.07, 6.45) is 84.8. The van der Waals surface area contributed by atoms with Gasteiger partial charge < -0.3 is 5.53 Å². The Balaban J connectivity index is 0.000000621. The second-order valence-electron chi connectivity index (χ2n) is 28.6. The molecule has 0 aliphatic carbocycles. The van der Waals surface area contributed by atoms with E-state index in [1.54, 1.807) is 4.70 Å². The Morgan fingerprint density at radius 1 is 0.233 bits per heavy atom. The van der Waals surface area contributed by atoms with Crippen LogP contribution in [0.4, 0.5) is 0 Å². The van der Waals surface area contributed by atoms with Crippen LogP contribution < -0.4 is 0 Å². The summed E-state index contributed by atoms with van der Waals surface area (Å²) in [4.78, 5) is 0. The van der Waals surface area contributed by atoms with Crippen LogP contribution in [0.1, 0.15) is 455 Å². The summed E-state index contributed by atoms with van der Waals surface area (Å²) in [5.41, 5.74) is 25.0. The van der Waals surface area contributed by atoms with Gasteiger partial charge in [-0.2, -0.15) is 0 Å². The molecule has 0 saturated heterocycles. The van der Waals surface area contributed by atoms with Gasteiger partial charge in [0, 0.05) is 22.3 Å². The zero-order chi connectivity index (χ0) is 64.8. The van der Waals surface area contributed by atoms with Crippen molar-refractivity contribution < 1.29 is 19.1 Å². The summed E-state index contributed by atoms with van der Waals surface area (Å²) >= 11 is 2.05. The summed E-state index contributed by atoms with van der Waals surface area (Å²) in [7, 11) is 0. The van der Waals surface area contributed by atoms with Crippen LogP contribution in [0.25, 0.3) is 16.9 Å². The quantitative estimate of drug-likeness (QED) is 0.0358. The normalized spacial score (nSPS) is 12.6. The van der Waals surface area contributed by atoms with E-state index < -0.39 is 0 Å². The number of allylic oxidation sites excluding steroid dienone is 2. The van der Waals surface area contributed by atoms with Gasteiger partial charge in [-0.3, -0.25) is 0 Å². The first-order valence-corrected chi connectivity index (χ1v) is 42.5. The van der Waals surface area contributed by atoms with E-state index in [-0.39, 0.29) is 0 Å². The van der Waals surface area contributed by atoms with E-state index in [0.29, 0.717) is 0 Å². The van der Waals surface area contributed by atoms with Crippen molar-refractivity contribution in [1.82, 2.24) is 0 Å². The molecule has 0 saturated carbocycles. The van der Waals surface area contributed by atoms with Crippen molar-refractivity contribution in [2.75, 3.05) is 0 Å². The summed E-state index contributed by atoms with van der Waals surface area (Å²) in [5.74, 6) is 0. The fraction of sp³-hybridized carbons (Fsp3) is 0.816.